The van der Waals surface area contributed by atoms with Gasteiger partial charge in [-0.05, 0) is 36.3 Å². The molecule has 24 heavy (non-hydrogen) atoms. The summed E-state index contributed by atoms with van der Waals surface area (Å²) < 4.78 is 1.62. The van der Waals surface area contributed by atoms with E-state index in [1.807, 2.05) is 4.90 Å². The predicted molar refractivity (Wildman–Crippen MR) is 90.7 cm³/mol. The summed E-state index contributed by atoms with van der Waals surface area (Å²) in [7, 11) is 1.80. The summed E-state index contributed by atoms with van der Waals surface area (Å²) in [5.41, 5.74) is 3.91. The van der Waals surface area contributed by atoms with Crippen molar-refractivity contribution in [1.29, 1.82) is 0 Å². The van der Waals surface area contributed by atoms with Crippen LogP contribution in [0.5, 0.6) is 0 Å². The second-order valence-electron chi connectivity index (χ2n) is 6.55. The number of benzene rings is 1. The molecule has 1 aromatic carbocycles. The standard InChI is InChI=1S/C17H24N6O/c1-12-8-13(2)10-15(9-12)14-5-7-23(11-14)17(24)18-6-4-16-19-20-21-22(16)3/h8-10,14H,4-7,11H2,1-3H3,(H,18,24). The van der Waals surface area contributed by atoms with Gasteiger partial charge >= 0.3 is 6.03 Å². The van der Waals surface area contributed by atoms with Gasteiger partial charge in [0.2, 0.25) is 0 Å². The number of hydrogen-bond donors (Lipinski definition) is 1. The Labute approximate surface area is 142 Å². The van der Waals surface area contributed by atoms with Gasteiger partial charge in [0.1, 0.15) is 0 Å². The van der Waals surface area contributed by atoms with Gasteiger partial charge < -0.3 is 10.2 Å². The van der Waals surface area contributed by atoms with Crippen LogP contribution in [-0.2, 0) is 13.5 Å². The average molecular weight is 328 g/mol. The molecule has 0 aliphatic carbocycles. The number of amides is 2. The minimum atomic E-state index is -0.00278. The monoisotopic (exact) mass is 328 g/mol. The molecule has 1 atom stereocenters. The highest BCUT2D eigenvalue weighted by Crippen LogP contribution is 2.28. The van der Waals surface area contributed by atoms with E-state index in [9.17, 15) is 4.79 Å². The molecule has 7 heteroatoms. The summed E-state index contributed by atoms with van der Waals surface area (Å²) in [4.78, 5) is 14.2. The minimum absolute atomic E-state index is 0.00278. The third-order valence-corrected chi connectivity index (χ3v) is 4.52. The van der Waals surface area contributed by atoms with Gasteiger partial charge in [-0.15, -0.1) is 5.10 Å². The molecule has 2 aromatic rings. The topological polar surface area (TPSA) is 75.9 Å². The minimum Gasteiger partial charge on any atom is -0.338 e. The van der Waals surface area contributed by atoms with Crippen molar-refractivity contribution in [2.45, 2.75) is 32.6 Å². The Balaban J connectivity index is 1.51. The molecular formula is C17H24N6O. The molecule has 7 nitrogen and oxygen atoms in total. The Morgan fingerprint density at radius 1 is 1.29 bits per heavy atom. The van der Waals surface area contributed by atoms with E-state index < -0.39 is 0 Å². The maximum atomic E-state index is 12.3. The molecule has 1 saturated heterocycles. The number of tetrazole rings is 1. The molecule has 1 aromatic heterocycles. The normalized spacial score (nSPS) is 17.3. The number of nitrogens with zero attached hydrogens (tertiary/aromatic N) is 5. The molecule has 2 amide bonds. The Hall–Kier alpha value is -2.44. The summed E-state index contributed by atoms with van der Waals surface area (Å²) in [6, 6.07) is 6.65. The second kappa shape index (κ2) is 6.98. The zero-order chi connectivity index (χ0) is 17.1. The molecule has 1 fully saturated rings. The van der Waals surface area contributed by atoms with Gasteiger partial charge in [0.05, 0.1) is 0 Å². The summed E-state index contributed by atoms with van der Waals surface area (Å²) in [5, 5.41) is 14.3. The fraction of sp³-hybridized carbons (Fsp3) is 0.529. The second-order valence-corrected chi connectivity index (χ2v) is 6.55. The van der Waals surface area contributed by atoms with E-state index in [2.05, 4.69) is 52.9 Å². The molecule has 0 bridgehead atoms. The smallest absolute Gasteiger partial charge is 0.317 e. The van der Waals surface area contributed by atoms with Gasteiger partial charge in [0.25, 0.3) is 0 Å². The lowest BCUT2D eigenvalue weighted by atomic mass is 9.95. The number of likely N-dealkylation sites (tertiary alicyclic amines) is 1. The van der Waals surface area contributed by atoms with Gasteiger partial charge in [-0.2, -0.15) is 0 Å². The zero-order valence-electron chi connectivity index (χ0n) is 14.5. The highest BCUT2D eigenvalue weighted by molar-refractivity contribution is 5.74. The highest BCUT2D eigenvalue weighted by atomic mass is 16.2. The van der Waals surface area contributed by atoms with E-state index in [4.69, 9.17) is 0 Å². The number of carbonyl (C=O) groups is 1. The molecule has 1 unspecified atom stereocenters. The number of rotatable bonds is 4. The Morgan fingerprint density at radius 2 is 2.04 bits per heavy atom. The van der Waals surface area contributed by atoms with E-state index in [0.29, 0.717) is 18.9 Å². The van der Waals surface area contributed by atoms with Crippen molar-refractivity contribution < 1.29 is 4.79 Å². The van der Waals surface area contributed by atoms with E-state index in [0.717, 1.165) is 25.3 Å². The lowest BCUT2D eigenvalue weighted by Gasteiger charge is -2.18. The van der Waals surface area contributed by atoms with Crippen LogP contribution in [0.2, 0.25) is 0 Å². The molecule has 0 saturated carbocycles. The van der Waals surface area contributed by atoms with E-state index >= 15 is 0 Å². The van der Waals surface area contributed by atoms with Crippen molar-refractivity contribution in [1.82, 2.24) is 30.4 Å². The van der Waals surface area contributed by atoms with Crippen molar-refractivity contribution in [3.05, 3.63) is 40.7 Å². The van der Waals surface area contributed by atoms with Gasteiger partial charge in [-0.3, -0.25) is 0 Å². The Bertz CT molecular complexity index is 705. The van der Waals surface area contributed by atoms with Crippen molar-refractivity contribution in [2.24, 2.45) is 7.05 Å². The summed E-state index contributed by atoms with van der Waals surface area (Å²) in [6.45, 7) is 6.36. The Kier molecular flexibility index (Phi) is 4.78. The van der Waals surface area contributed by atoms with Crippen molar-refractivity contribution in [2.75, 3.05) is 19.6 Å². The number of nitrogens with one attached hydrogen (secondary N) is 1. The van der Waals surface area contributed by atoms with Crippen LogP contribution in [0.3, 0.4) is 0 Å². The van der Waals surface area contributed by atoms with Crippen LogP contribution >= 0.6 is 0 Å². The number of aryl methyl sites for hydroxylation is 3. The molecule has 1 aliphatic heterocycles. The lowest BCUT2D eigenvalue weighted by molar-refractivity contribution is 0.208. The van der Waals surface area contributed by atoms with Crippen molar-refractivity contribution in [3.63, 3.8) is 0 Å². The summed E-state index contributed by atoms with van der Waals surface area (Å²) >= 11 is 0. The zero-order valence-corrected chi connectivity index (χ0v) is 14.5. The molecule has 1 aliphatic rings. The van der Waals surface area contributed by atoms with E-state index in [1.54, 1.807) is 11.7 Å². The summed E-state index contributed by atoms with van der Waals surface area (Å²) in [6.07, 6.45) is 1.65. The molecular weight excluding hydrogens is 304 g/mol. The lowest BCUT2D eigenvalue weighted by Crippen LogP contribution is -2.39. The Morgan fingerprint density at radius 3 is 2.71 bits per heavy atom. The van der Waals surface area contributed by atoms with Crippen LogP contribution in [0, 0.1) is 13.8 Å². The first-order chi connectivity index (χ1) is 11.5. The van der Waals surface area contributed by atoms with Crippen LogP contribution in [0.25, 0.3) is 0 Å². The van der Waals surface area contributed by atoms with Gasteiger partial charge in [0.15, 0.2) is 5.82 Å². The number of hydrogen-bond acceptors (Lipinski definition) is 4. The van der Waals surface area contributed by atoms with Gasteiger partial charge in [-0.1, -0.05) is 29.3 Å². The maximum absolute atomic E-state index is 12.3. The van der Waals surface area contributed by atoms with Gasteiger partial charge in [-0.25, -0.2) is 9.48 Å². The van der Waals surface area contributed by atoms with E-state index in [-0.39, 0.29) is 6.03 Å². The third kappa shape index (κ3) is 3.72. The number of aromatic nitrogens is 4. The quantitative estimate of drug-likeness (QED) is 0.924. The highest BCUT2D eigenvalue weighted by Gasteiger charge is 2.27. The van der Waals surface area contributed by atoms with Crippen LogP contribution in [0.15, 0.2) is 18.2 Å². The number of carbonyl (C=O) groups excluding carboxylic acids is 1. The number of urea groups is 1. The molecule has 0 spiro atoms. The van der Waals surface area contributed by atoms with Crippen molar-refractivity contribution in [3.8, 4) is 0 Å². The van der Waals surface area contributed by atoms with E-state index in [1.165, 1.54) is 16.7 Å². The predicted octanol–water partition coefficient (Wildman–Crippen LogP) is 1.57. The van der Waals surface area contributed by atoms with Gasteiger partial charge in [0, 0.05) is 39.0 Å². The average Bonchev–Trinajstić information content (AvgIpc) is 3.16. The molecule has 128 valence electrons. The van der Waals surface area contributed by atoms with Crippen LogP contribution in [-0.4, -0.2) is 50.8 Å². The fourth-order valence-corrected chi connectivity index (χ4v) is 3.32. The molecule has 0 radical (unpaired) electrons. The SMILES string of the molecule is Cc1cc(C)cc(C2CCN(C(=O)NCCc3nnnn3C)C2)c1. The molecule has 2 heterocycles. The molecule has 3 rings (SSSR count). The largest absolute Gasteiger partial charge is 0.338 e. The maximum Gasteiger partial charge on any atom is 0.317 e. The molecule has 1 N–H and O–H groups in total. The first-order valence-electron chi connectivity index (χ1n) is 8.35. The van der Waals surface area contributed by atoms with Crippen LogP contribution < -0.4 is 5.32 Å². The fourth-order valence-electron chi connectivity index (χ4n) is 3.32. The summed E-state index contributed by atoms with van der Waals surface area (Å²) in [5.74, 6) is 1.20. The third-order valence-electron chi connectivity index (χ3n) is 4.52. The van der Waals surface area contributed by atoms with Crippen molar-refractivity contribution >= 4 is 6.03 Å². The van der Waals surface area contributed by atoms with Crippen LogP contribution in [0.1, 0.15) is 34.9 Å². The van der Waals surface area contributed by atoms with Crippen LogP contribution in [0.4, 0.5) is 4.79 Å². The first kappa shape index (κ1) is 16.4. The first-order valence-corrected chi connectivity index (χ1v) is 8.35.